The summed E-state index contributed by atoms with van der Waals surface area (Å²) in [6.07, 6.45) is 1.66. The van der Waals surface area contributed by atoms with E-state index >= 15 is 0 Å². The predicted octanol–water partition coefficient (Wildman–Crippen LogP) is 1.66. The van der Waals surface area contributed by atoms with Crippen molar-refractivity contribution in [2.45, 2.75) is 32.8 Å². The molecule has 2 heterocycles. The van der Waals surface area contributed by atoms with Crippen LogP contribution in [0.15, 0.2) is 35.1 Å². The third-order valence-corrected chi connectivity index (χ3v) is 5.13. The molecule has 0 spiro atoms. The molecule has 0 radical (unpaired) electrons. The molecule has 1 aliphatic rings. The minimum Gasteiger partial charge on any atom is -0.376 e. The summed E-state index contributed by atoms with van der Waals surface area (Å²) in [7, 11) is 1.48. The van der Waals surface area contributed by atoms with Crippen molar-refractivity contribution in [2.24, 2.45) is 7.05 Å². The average Bonchev–Trinajstić information content (AvgIpc) is 3.19. The summed E-state index contributed by atoms with van der Waals surface area (Å²) in [5.41, 5.74) is 2.59. The van der Waals surface area contributed by atoms with E-state index in [1.165, 1.54) is 24.1 Å². The normalized spacial score (nSPS) is 15.9. The summed E-state index contributed by atoms with van der Waals surface area (Å²) >= 11 is 0. The van der Waals surface area contributed by atoms with E-state index < -0.39 is 5.91 Å². The lowest BCUT2D eigenvalue weighted by Gasteiger charge is -2.25. The van der Waals surface area contributed by atoms with Crippen LogP contribution in [0.3, 0.4) is 0 Å². The summed E-state index contributed by atoms with van der Waals surface area (Å²) in [6.45, 7) is 4.73. The first-order chi connectivity index (χ1) is 13.8. The molecular formula is C21H26N4O4. The van der Waals surface area contributed by atoms with Gasteiger partial charge in [-0.05, 0) is 49.9 Å². The number of rotatable bonds is 6. The first-order valence-electron chi connectivity index (χ1n) is 9.66. The van der Waals surface area contributed by atoms with Crippen molar-refractivity contribution >= 4 is 17.5 Å². The maximum Gasteiger partial charge on any atom is 0.274 e. The highest BCUT2D eigenvalue weighted by Crippen LogP contribution is 2.18. The Kier molecular flexibility index (Phi) is 6.43. The number of nitrogens with zero attached hydrogens (tertiary/aromatic N) is 3. The van der Waals surface area contributed by atoms with Crippen molar-refractivity contribution in [3.8, 4) is 0 Å². The van der Waals surface area contributed by atoms with Gasteiger partial charge in [-0.3, -0.25) is 14.4 Å². The molecule has 1 aromatic carbocycles. The maximum absolute atomic E-state index is 13.0. The zero-order valence-corrected chi connectivity index (χ0v) is 17.0. The van der Waals surface area contributed by atoms with Crippen LogP contribution in [0.4, 0.5) is 5.69 Å². The van der Waals surface area contributed by atoms with Crippen LogP contribution in [-0.2, 0) is 16.6 Å². The highest BCUT2D eigenvalue weighted by molar-refractivity contribution is 5.98. The molecule has 1 aliphatic heterocycles. The van der Waals surface area contributed by atoms with Crippen LogP contribution in [-0.4, -0.2) is 52.3 Å². The lowest BCUT2D eigenvalue weighted by atomic mass is 10.1. The molecule has 1 fully saturated rings. The zero-order chi connectivity index (χ0) is 21.0. The molecule has 0 saturated carbocycles. The first-order valence-corrected chi connectivity index (χ1v) is 9.66. The molecular weight excluding hydrogens is 372 g/mol. The summed E-state index contributed by atoms with van der Waals surface area (Å²) in [5, 5.41) is 6.91. The number of aryl methyl sites for hydroxylation is 2. The third kappa shape index (κ3) is 5.08. The van der Waals surface area contributed by atoms with Crippen LogP contribution in [0.1, 0.15) is 34.5 Å². The number of anilines is 1. The van der Waals surface area contributed by atoms with Crippen molar-refractivity contribution < 1.29 is 14.3 Å². The molecule has 1 atom stereocenters. The van der Waals surface area contributed by atoms with Gasteiger partial charge in [0.15, 0.2) is 0 Å². The van der Waals surface area contributed by atoms with Gasteiger partial charge in [0.05, 0.1) is 6.10 Å². The Morgan fingerprint density at radius 3 is 2.76 bits per heavy atom. The Hall–Kier alpha value is -3.00. The fraction of sp³-hybridized carbons (Fsp3) is 0.429. The van der Waals surface area contributed by atoms with Crippen LogP contribution < -0.4 is 10.9 Å². The molecule has 2 amide bonds. The van der Waals surface area contributed by atoms with Gasteiger partial charge in [-0.25, -0.2) is 4.68 Å². The van der Waals surface area contributed by atoms with Crippen LogP contribution in [0.5, 0.6) is 0 Å². The van der Waals surface area contributed by atoms with E-state index in [2.05, 4.69) is 10.4 Å². The van der Waals surface area contributed by atoms with Crippen molar-refractivity contribution in [2.75, 3.05) is 25.0 Å². The number of ether oxygens (including phenoxy) is 1. The number of benzene rings is 1. The summed E-state index contributed by atoms with van der Waals surface area (Å²) in [6, 6.07) is 8.36. The Bertz CT molecular complexity index is 963. The van der Waals surface area contributed by atoms with Crippen molar-refractivity contribution in [1.29, 1.82) is 0 Å². The second-order valence-electron chi connectivity index (χ2n) is 7.30. The van der Waals surface area contributed by atoms with Gasteiger partial charge in [0.2, 0.25) is 5.91 Å². The van der Waals surface area contributed by atoms with Gasteiger partial charge < -0.3 is 15.0 Å². The topological polar surface area (TPSA) is 93.5 Å². The molecule has 154 valence electrons. The molecule has 3 rings (SSSR count). The van der Waals surface area contributed by atoms with Gasteiger partial charge >= 0.3 is 0 Å². The van der Waals surface area contributed by atoms with E-state index in [9.17, 15) is 14.4 Å². The van der Waals surface area contributed by atoms with Crippen molar-refractivity contribution in [1.82, 2.24) is 14.7 Å². The number of carbonyl (C=O) groups is 2. The van der Waals surface area contributed by atoms with Crippen LogP contribution in [0.25, 0.3) is 0 Å². The zero-order valence-electron chi connectivity index (χ0n) is 17.0. The summed E-state index contributed by atoms with van der Waals surface area (Å²) in [5.74, 6) is -0.706. The van der Waals surface area contributed by atoms with E-state index in [4.69, 9.17) is 4.74 Å². The number of amides is 2. The SMILES string of the molecule is Cc1cccc(NC(=O)CN(C[C@@H]2CCCO2)C(=O)c2ccc(=O)n(C)n2)c1C. The fourth-order valence-corrected chi connectivity index (χ4v) is 3.28. The van der Waals surface area contributed by atoms with E-state index in [-0.39, 0.29) is 29.8 Å². The second kappa shape index (κ2) is 9.00. The third-order valence-electron chi connectivity index (χ3n) is 5.13. The van der Waals surface area contributed by atoms with Gasteiger partial charge in [0.1, 0.15) is 12.2 Å². The molecule has 2 aromatic rings. The van der Waals surface area contributed by atoms with E-state index in [0.717, 1.165) is 34.3 Å². The number of aromatic nitrogens is 2. The predicted molar refractivity (Wildman–Crippen MR) is 109 cm³/mol. The van der Waals surface area contributed by atoms with E-state index in [1.54, 1.807) is 0 Å². The molecule has 29 heavy (non-hydrogen) atoms. The minimum atomic E-state index is -0.410. The number of carbonyl (C=O) groups excluding carboxylic acids is 2. The maximum atomic E-state index is 13.0. The van der Waals surface area contributed by atoms with Gasteiger partial charge in [-0.2, -0.15) is 5.10 Å². The monoisotopic (exact) mass is 398 g/mol. The first kappa shape index (κ1) is 20.7. The smallest absolute Gasteiger partial charge is 0.274 e. The number of hydrogen-bond donors (Lipinski definition) is 1. The quantitative estimate of drug-likeness (QED) is 0.799. The second-order valence-corrected chi connectivity index (χ2v) is 7.30. The highest BCUT2D eigenvalue weighted by Gasteiger charge is 2.26. The largest absolute Gasteiger partial charge is 0.376 e. The molecule has 8 heteroatoms. The molecule has 0 aliphatic carbocycles. The lowest BCUT2D eigenvalue weighted by Crippen LogP contribution is -2.43. The standard InChI is InChI=1S/C21H26N4O4/c1-14-6-4-8-17(15(14)2)22-19(26)13-25(12-16-7-5-11-29-16)21(28)18-9-10-20(27)24(3)23-18/h4,6,8-10,16H,5,7,11-13H2,1-3H3,(H,22,26)/t16-/m0/s1. The van der Waals surface area contributed by atoms with Gasteiger partial charge in [-0.15, -0.1) is 0 Å². The lowest BCUT2D eigenvalue weighted by molar-refractivity contribution is -0.117. The van der Waals surface area contributed by atoms with E-state index in [0.29, 0.717) is 13.2 Å². The van der Waals surface area contributed by atoms with Gasteiger partial charge in [-0.1, -0.05) is 12.1 Å². The molecule has 1 N–H and O–H groups in total. The molecule has 0 bridgehead atoms. The highest BCUT2D eigenvalue weighted by atomic mass is 16.5. The molecule has 1 aromatic heterocycles. The molecule has 8 nitrogen and oxygen atoms in total. The van der Waals surface area contributed by atoms with E-state index in [1.807, 2.05) is 32.0 Å². The summed E-state index contributed by atoms with van der Waals surface area (Å²) < 4.78 is 6.75. The Labute approximate surface area is 169 Å². The molecule has 1 saturated heterocycles. The van der Waals surface area contributed by atoms with Crippen LogP contribution >= 0.6 is 0 Å². The Balaban J connectivity index is 1.77. The minimum absolute atomic E-state index is 0.111. The van der Waals surface area contributed by atoms with Gasteiger partial charge in [0.25, 0.3) is 11.5 Å². The van der Waals surface area contributed by atoms with Crippen LogP contribution in [0, 0.1) is 13.8 Å². The van der Waals surface area contributed by atoms with Crippen molar-refractivity contribution in [3.05, 3.63) is 57.5 Å². The molecule has 0 unspecified atom stereocenters. The number of hydrogen-bond acceptors (Lipinski definition) is 5. The Morgan fingerprint density at radius 2 is 2.07 bits per heavy atom. The van der Waals surface area contributed by atoms with Gasteiger partial charge in [0, 0.05) is 32.0 Å². The van der Waals surface area contributed by atoms with Crippen molar-refractivity contribution in [3.63, 3.8) is 0 Å². The summed E-state index contributed by atoms with van der Waals surface area (Å²) in [4.78, 5) is 38.7. The fourth-order valence-electron chi connectivity index (χ4n) is 3.28. The van der Waals surface area contributed by atoms with Crippen LogP contribution in [0.2, 0.25) is 0 Å². The number of nitrogens with one attached hydrogen (secondary N) is 1. The average molecular weight is 398 g/mol. The Morgan fingerprint density at radius 1 is 1.28 bits per heavy atom.